The molecule has 0 rings (SSSR count). The van der Waals surface area contributed by atoms with Crippen LogP contribution in [0.25, 0.3) is 0 Å². The maximum Gasteiger partial charge on any atom is 0.242 e. The molecule has 0 aliphatic carbocycles. The average molecular weight is 448 g/mol. The van der Waals surface area contributed by atoms with Gasteiger partial charge in [0.25, 0.3) is 0 Å². The van der Waals surface area contributed by atoms with E-state index in [9.17, 15) is 19.2 Å². The molecule has 0 spiro atoms. The van der Waals surface area contributed by atoms with E-state index in [0.717, 1.165) is 0 Å². The normalized spacial score (nSPS) is 11.2. The Morgan fingerprint density at radius 3 is 1.65 bits per heavy atom. The molecule has 3 amide bonds. The summed E-state index contributed by atoms with van der Waals surface area (Å²) >= 11 is 0. The van der Waals surface area contributed by atoms with E-state index in [1.165, 1.54) is 20.8 Å². The van der Waals surface area contributed by atoms with E-state index in [4.69, 9.17) is 24.7 Å². The van der Waals surface area contributed by atoms with Gasteiger partial charge in [0.1, 0.15) is 11.3 Å². The lowest BCUT2D eigenvalue weighted by Crippen LogP contribution is -2.53. The molecular formula is C20H37N3O8. The highest BCUT2D eigenvalue weighted by Crippen LogP contribution is 2.00. The molecule has 0 aliphatic heterocycles. The molecule has 0 saturated carbocycles. The zero-order chi connectivity index (χ0) is 23.5. The van der Waals surface area contributed by atoms with Crippen LogP contribution in [-0.4, -0.2) is 88.4 Å². The summed E-state index contributed by atoms with van der Waals surface area (Å²) in [6, 6.07) is 0. The third-order valence-corrected chi connectivity index (χ3v) is 3.93. The lowest BCUT2D eigenvalue weighted by Gasteiger charge is -2.22. The van der Waals surface area contributed by atoms with Crippen molar-refractivity contribution in [1.82, 2.24) is 10.6 Å². The largest absolute Gasteiger partial charge is 0.379 e. The van der Waals surface area contributed by atoms with E-state index in [-0.39, 0.29) is 37.0 Å². The van der Waals surface area contributed by atoms with Crippen molar-refractivity contribution in [1.29, 1.82) is 0 Å². The summed E-state index contributed by atoms with van der Waals surface area (Å²) in [5.74, 6) is -0.984. The van der Waals surface area contributed by atoms with Crippen LogP contribution < -0.4 is 16.4 Å². The van der Waals surface area contributed by atoms with Crippen molar-refractivity contribution < 1.29 is 38.1 Å². The van der Waals surface area contributed by atoms with Crippen LogP contribution in [0.15, 0.2) is 0 Å². The summed E-state index contributed by atoms with van der Waals surface area (Å²) in [5, 5.41) is 5.24. The van der Waals surface area contributed by atoms with Gasteiger partial charge in [0.15, 0.2) is 0 Å². The SMILES string of the molecule is CC(=O)CCOCCOCCC(=O)NCCOCCOCCC(=O)NC(C)(C)C(N)=O. The molecule has 11 nitrogen and oxygen atoms in total. The van der Waals surface area contributed by atoms with Crippen molar-refractivity contribution in [2.45, 2.75) is 45.6 Å². The van der Waals surface area contributed by atoms with Gasteiger partial charge in [0.2, 0.25) is 17.7 Å². The van der Waals surface area contributed by atoms with E-state index in [1.807, 2.05) is 0 Å². The number of primary amides is 1. The zero-order valence-electron chi connectivity index (χ0n) is 18.8. The first-order valence-corrected chi connectivity index (χ1v) is 10.3. The summed E-state index contributed by atoms with van der Waals surface area (Å²) in [6.45, 7) is 7.56. The third-order valence-electron chi connectivity index (χ3n) is 3.93. The standard InChI is InChI=1S/C20H37N3O8/c1-16(24)4-8-28-12-13-29-9-5-17(25)22-7-11-31-15-14-30-10-6-18(26)23-20(2,3)19(21)27/h4-15H2,1-3H3,(H2,21,27)(H,22,25)(H,23,26). The second kappa shape index (κ2) is 17.6. The molecule has 180 valence electrons. The predicted octanol–water partition coefficient (Wildman–Crippen LogP) is -0.692. The predicted molar refractivity (Wildman–Crippen MR) is 112 cm³/mol. The number of ether oxygens (including phenoxy) is 4. The number of hydrogen-bond donors (Lipinski definition) is 3. The van der Waals surface area contributed by atoms with Gasteiger partial charge in [-0.05, 0) is 20.8 Å². The summed E-state index contributed by atoms with van der Waals surface area (Å²) in [6.07, 6.45) is 0.745. The van der Waals surface area contributed by atoms with Gasteiger partial charge >= 0.3 is 0 Å². The third kappa shape index (κ3) is 18.4. The summed E-state index contributed by atoms with van der Waals surface area (Å²) in [7, 11) is 0. The highest BCUT2D eigenvalue weighted by molar-refractivity contribution is 5.89. The number of carbonyl (C=O) groups excluding carboxylic acids is 4. The molecule has 0 aliphatic rings. The Morgan fingerprint density at radius 2 is 1.16 bits per heavy atom. The highest BCUT2D eigenvalue weighted by atomic mass is 16.5. The van der Waals surface area contributed by atoms with E-state index < -0.39 is 11.4 Å². The van der Waals surface area contributed by atoms with Gasteiger partial charge in [-0.3, -0.25) is 19.2 Å². The van der Waals surface area contributed by atoms with Crippen LogP contribution in [0.3, 0.4) is 0 Å². The van der Waals surface area contributed by atoms with Gasteiger partial charge in [-0.2, -0.15) is 0 Å². The minimum absolute atomic E-state index is 0.0843. The summed E-state index contributed by atoms with van der Waals surface area (Å²) in [5.41, 5.74) is 4.09. The molecule has 0 aromatic carbocycles. The van der Waals surface area contributed by atoms with Gasteiger partial charge in [-0.1, -0.05) is 0 Å². The second-order valence-electron chi connectivity index (χ2n) is 7.29. The van der Waals surface area contributed by atoms with Crippen molar-refractivity contribution in [2.75, 3.05) is 59.4 Å². The fraction of sp³-hybridized carbons (Fsp3) is 0.800. The topological polar surface area (TPSA) is 155 Å². The first kappa shape index (κ1) is 28.9. The maximum atomic E-state index is 11.7. The van der Waals surface area contributed by atoms with Crippen molar-refractivity contribution in [3.05, 3.63) is 0 Å². The first-order chi connectivity index (χ1) is 14.6. The van der Waals surface area contributed by atoms with Crippen LogP contribution in [0.5, 0.6) is 0 Å². The van der Waals surface area contributed by atoms with Gasteiger partial charge < -0.3 is 35.3 Å². The minimum Gasteiger partial charge on any atom is -0.379 e. The van der Waals surface area contributed by atoms with E-state index in [1.54, 1.807) is 0 Å². The number of nitrogens with two attached hydrogens (primary N) is 1. The van der Waals surface area contributed by atoms with Crippen molar-refractivity contribution in [3.8, 4) is 0 Å². The number of carbonyl (C=O) groups is 4. The number of ketones is 1. The molecule has 0 bridgehead atoms. The quantitative estimate of drug-likeness (QED) is 0.207. The monoisotopic (exact) mass is 447 g/mol. The maximum absolute atomic E-state index is 11.7. The minimum atomic E-state index is -1.10. The fourth-order valence-corrected chi connectivity index (χ4v) is 2.01. The summed E-state index contributed by atoms with van der Waals surface area (Å²) in [4.78, 5) is 45.2. The summed E-state index contributed by atoms with van der Waals surface area (Å²) < 4.78 is 21.1. The molecule has 0 saturated heterocycles. The van der Waals surface area contributed by atoms with Gasteiger partial charge in [0.05, 0.1) is 52.9 Å². The molecular weight excluding hydrogens is 410 g/mol. The van der Waals surface area contributed by atoms with Crippen LogP contribution in [0.1, 0.15) is 40.0 Å². The Balaban J connectivity index is 3.41. The lowest BCUT2D eigenvalue weighted by atomic mass is 10.1. The number of amides is 3. The number of hydrogen-bond acceptors (Lipinski definition) is 8. The fourth-order valence-electron chi connectivity index (χ4n) is 2.01. The Hall–Kier alpha value is -2.08. The molecule has 0 aromatic heterocycles. The number of nitrogens with one attached hydrogen (secondary N) is 2. The first-order valence-electron chi connectivity index (χ1n) is 10.3. The molecule has 0 aromatic rings. The average Bonchev–Trinajstić information content (AvgIpc) is 2.67. The van der Waals surface area contributed by atoms with E-state index in [2.05, 4.69) is 10.6 Å². The van der Waals surface area contributed by atoms with Gasteiger partial charge in [-0.15, -0.1) is 0 Å². The van der Waals surface area contributed by atoms with E-state index >= 15 is 0 Å². The van der Waals surface area contributed by atoms with Crippen molar-refractivity contribution >= 4 is 23.5 Å². The Kier molecular flexibility index (Phi) is 16.4. The van der Waals surface area contributed by atoms with Crippen LogP contribution >= 0.6 is 0 Å². The Labute approximate surface area is 183 Å². The van der Waals surface area contributed by atoms with E-state index in [0.29, 0.717) is 59.2 Å². The number of Topliss-reactive ketones (excluding diaryl/α,β-unsaturated/α-hetero) is 1. The second-order valence-corrected chi connectivity index (χ2v) is 7.29. The molecule has 0 fully saturated rings. The molecule has 11 heteroatoms. The van der Waals surface area contributed by atoms with Crippen LogP contribution in [0.4, 0.5) is 0 Å². The molecule has 0 radical (unpaired) electrons. The van der Waals surface area contributed by atoms with Crippen LogP contribution in [0, 0.1) is 0 Å². The molecule has 4 N–H and O–H groups in total. The Bertz CT molecular complexity index is 555. The van der Waals surface area contributed by atoms with Crippen molar-refractivity contribution in [3.63, 3.8) is 0 Å². The molecule has 0 atom stereocenters. The van der Waals surface area contributed by atoms with Gasteiger partial charge in [-0.25, -0.2) is 0 Å². The highest BCUT2D eigenvalue weighted by Gasteiger charge is 2.26. The van der Waals surface area contributed by atoms with Crippen LogP contribution in [0.2, 0.25) is 0 Å². The van der Waals surface area contributed by atoms with Gasteiger partial charge in [0, 0.05) is 25.8 Å². The van der Waals surface area contributed by atoms with Crippen molar-refractivity contribution in [2.24, 2.45) is 5.73 Å². The molecule has 0 heterocycles. The lowest BCUT2D eigenvalue weighted by molar-refractivity contribution is -0.131. The molecule has 0 unspecified atom stereocenters. The number of rotatable bonds is 20. The smallest absolute Gasteiger partial charge is 0.242 e. The zero-order valence-corrected chi connectivity index (χ0v) is 18.8. The van der Waals surface area contributed by atoms with Crippen LogP contribution in [-0.2, 0) is 38.1 Å². The Morgan fingerprint density at radius 1 is 0.710 bits per heavy atom. The molecule has 31 heavy (non-hydrogen) atoms.